The topological polar surface area (TPSA) is 39.6 Å². The van der Waals surface area contributed by atoms with Gasteiger partial charge in [0.25, 0.3) is 0 Å². The highest BCUT2D eigenvalue weighted by Crippen LogP contribution is 2.17. The van der Waals surface area contributed by atoms with Gasteiger partial charge in [-0.1, -0.05) is 18.2 Å². The van der Waals surface area contributed by atoms with Gasteiger partial charge in [0, 0.05) is 11.7 Å². The van der Waals surface area contributed by atoms with Crippen LogP contribution in [0.25, 0.3) is 10.9 Å². The van der Waals surface area contributed by atoms with E-state index in [9.17, 15) is 0 Å². The summed E-state index contributed by atoms with van der Waals surface area (Å²) in [5.41, 5.74) is 4.31. The zero-order chi connectivity index (χ0) is 12.4. The number of nitriles is 1. The van der Waals surface area contributed by atoms with E-state index >= 15 is 0 Å². The molecule has 0 unspecified atom stereocenters. The lowest BCUT2D eigenvalue weighted by atomic mass is 10.0. The van der Waals surface area contributed by atoms with Gasteiger partial charge < -0.3 is 4.98 Å². The van der Waals surface area contributed by atoms with Crippen LogP contribution in [0.15, 0.2) is 54.7 Å². The van der Waals surface area contributed by atoms with Crippen LogP contribution in [-0.4, -0.2) is 4.98 Å². The fraction of sp³-hybridized carbons (Fsp3) is 0.0625. The summed E-state index contributed by atoms with van der Waals surface area (Å²) in [6.45, 7) is 0. The number of hydrogen-bond donors (Lipinski definition) is 1. The first-order chi connectivity index (χ1) is 8.85. The summed E-state index contributed by atoms with van der Waals surface area (Å²) in [6.07, 6.45) is 2.81. The average molecular weight is 232 g/mol. The van der Waals surface area contributed by atoms with E-state index in [1.807, 2.05) is 24.4 Å². The number of rotatable bonds is 2. The number of aromatic nitrogens is 1. The molecule has 0 aliphatic heterocycles. The predicted molar refractivity (Wildman–Crippen MR) is 72.3 cm³/mol. The number of H-pyrrole nitrogens is 1. The van der Waals surface area contributed by atoms with Gasteiger partial charge in [-0.2, -0.15) is 5.26 Å². The van der Waals surface area contributed by atoms with Gasteiger partial charge in [0.05, 0.1) is 11.6 Å². The van der Waals surface area contributed by atoms with E-state index in [4.69, 9.17) is 5.26 Å². The number of nitrogens with one attached hydrogen (secondary N) is 1. The van der Waals surface area contributed by atoms with Crippen LogP contribution in [0.3, 0.4) is 0 Å². The molecule has 0 spiro atoms. The van der Waals surface area contributed by atoms with Crippen LogP contribution in [0.2, 0.25) is 0 Å². The molecule has 3 aromatic rings. The third-order valence-electron chi connectivity index (χ3n) is 3.08. The molecular formula is C16H12N2. The summed E-state index contributed by atoms with van der Waals surface area (Å²) in [7, 11) is 0. The Hall–Kier alpha value is -2.53. The van der Waals surface area contributed by atoms with Crippen molar-refractivity contribution >= 4 is 10.9 Å². The van der Waals surface area contributed by atoms with Crippen molar-refractivity contribution in [1.29, 1.82) is 5.26 Å². The van der Waals surface area contributed by atoms with E-state index < -0.39 is 0 Å². The first-order valence-electron chi connectivity index (χ1n) is 5.90. The minimum absolute atomic E-state index is 0.718. The molecule has 0 fully saturated rings. The van der Waals surface area contributed by atoms with Crippen molar-refractivity contribution in [2.75, 3.05) is 0 Å². The Morgan fingerprint density at radius 3 is 2.78 bits per heavy atom. The largest absolute Gasteiger partial charge is 0.361 e. The summed E-state index contributed by atoms with van der Waals surface area (Å²) >= 11 is 0. The van der Waals surface area contributed by atoms with E-state index in [1.165, 1.54) is 16.5 Å². The van der Waals surface area contributed by atoms with Crippen molar-refractivity contribution in [3.05, 3.63) is 71.4 Å². The van der Waals surface area contributed by atoms with E-state index in [2.05, 4.69) is 41.4 Å². The molecule has 0 saturated carbocycles. The van der Waals surface area contributed by atoms with Gasteiger partial charge in [-0.3, -0.25) is 0 Å². The van der Waals surface area contributed by atoms with E-state index in [1.54, 1.807) is 0 Å². The Bertz CT molecular complexity index is 732. The standard InChI is InChI=1S/C16H12N2/c17-11-14-3-1-2-12(9-14)8-13-4-5-16-15(10-13)6-7-18-16/h1-7,9-10,18H,8H2. The summed E-state index contributed by atoms with van der Waals surface area (Å²) in [4.78, 5) is 3.19. The number of hydrogen-bond acceptors (Lipinski definition) is 1. The van der Waals surface area contributed by atoms with E-state index in [0.717, 1.165) is 17.5 Å². The van der Waals surface area contributed by atoms with Crippen molar-refractivity contribution in [2.24, 2.45) is 0 Å². The molecule has 0 saturated heterocycles. The van der Waals surface area contributed by atoms with Crippen LogP contribution in [0.1, 0.15) is 16.7 Å². The fourth-order valence-corrected chi connectivity index (χ4v) is 2.20. The quantitative estimate of drug-likeness (QED) is 0.720. The Morgan fingerprint density at radius 1 is 1.00 bits per heavy atom. The van der Waals surface area contributed by atoms with Gasteiger partial charge in [-0.25, -0.2) is 0 Å². The van der Waals surface area contributed by atoms with Gasteiger partial charge in [0.1, 0.15) is 0 Å². The molecule has 3 rings (SSSR count). The lowest BCUT2D eigenvalue weighted by Crippen LogP contribution is -1.88. The van der Waals surface area contributed by atoms with Crippen molar-refractivity contribution in [1.82, 2.24) is 4.98 Å². The second-order valence-corrected chi connectivity index (χ2v) is 4.39. The maximum Gasteiger partial charge on any atom is 0.0991 e. The highest BCUT2D eigenvalue weighted by atomic mass is 14.7. The number of benzene rings is 2. The van der Waals surface area contributed by atoms with Gasteiger partial charge in [-0.05, 0) is 53.3 Å². The smallest absolute Gasteiger partial charge is 0.0991 e. The molecule has 0 radical (unpaired) electrons. The molecule has 1 N–H and O–H groups in total. The maximum absolute atomic E-state index is 8.89. The maximum atomic E-state index is 8.89. The second kappa shape index (κ2) is 4.38. The monoisotopic (exact) mass is 232 g/mol. The minimum Gasteiger partial charge on any atom is -0.361 e. The predicted octanol–water partition coefficient (Wildman–Crippen LogP) is 3.63. The zero-order valence-corrected chi connectivity index (χ0v) is 9.85. The van der Waals surface area contributed by atoms with Gasteiger partial charge in [0.2, 0.25) is 0 Å². The third kappa shape index (κ3) is 1.99. The average Bonchev–Trinajstić information content (AvgIpc) is 2.86. The normalized spacial score (nSPS) is 10.4. The first-order valence-corrected chi connectivity index (χ1v) is 5.90. The van der Waals surface area contributed by atoms with Crippen molar-refractivity contribution < 1.29 is 0 Å². The lowest BCUT2D eigenvalue weighted by Gasteiger charge is -2.03. The summed E-state index contributed by atoms with van der Waals surface area (Å²) in [5, 5.41) is 10.1. The molecule has 0 aliphatic carbocycles. The summed E-state index contributed by atoms with van der Waals surface area (Å²) in [6, 6.07) is 18.4. The molecule has 86 valence electrons. The van der Waals surface area contributed by atoms with Crippen LogP contribution in [0.4, 0.5) is 0 Å². The summed E-state index contributed by atoms with van der Waals surface area (Å²) in [5.74, 6) is 0. The molecule has 0 aliphatic rings. The zero-order valence-electron chi connectivity index (χ0n) is 9.85. The molecule has 1 aromatic heterocycles. The molecule has 0 atom stereocenters. The third-order valence-corrected chi connectivity index (χ3v) is 3.08. The molecule has 2 heteroatoms. The van der Waals surface area contributed by atoms with E-state index in [-0.39, 0.29) is 0 Å². The Labute approximate surface area is 106 Å². The Balaban J connectivity index is 1.93. The van der Waals surface area contributed by atoms with E-state index in [0.29, 0.717) is 0 Å². The molecule has 0 amide bonds. The Kier molecular flexibility index (Phi) is 2.59. The Morgan fingerprint density at radius 2 is 1.89 bits per heavy atom. The fourth-order valence-electron chi connectivity index (χ4n) is 2.20. The van der Waals surface area contributed by atoms with Crippen LogP contribution >= 0.6 is 0 Å². The molecular weight excluding hydrogens is 220 g/mol. The van der Waals surface area contributed by atoms with Crippen LogP contribution in [-0.2, 0) is 6.42 Å². The molecule has 2 nitrogen and oxygen atoms in total. The number of nitrogens with zero attached hydrogens (tertiary/aromatic N) is 1. The van der Waals surface area contributed by atoms with Crippen molar-refractivity contribution in [3.8, 4) is 6.07 Å². The molecule has 18 heavy (non-hydrogen) atoms. The van der Waals surface area contributed by atoms with Gasteiger partial charge in [-0.15, -0.1) is 0 Å². The molecule has 0 bridgehead atoms. The number of fused-ring (bicyclic) bond motifs is 1. The summed E-state index contributed by atoms with van der Waals surface area (Å²) < 4.78 is 0. The highest BCUT2D eigenvalue weighted by molar-refractivity contribution is 5.80. The SMILES string of the molecule is N#Cc1cccc(Cc2ccc3[nH]ccc3c2)c1. The molecule has 1 heterocycles. The lowest BCUT2D eigenvalue weighted by molar-refractivity contribution is 1.19. The van der Waals surface area contributed by atoms with Crippen LogP contribution in [0, 0.1) is 11.3 Å². The highest BCUT2D eigenvalue weighted by Gasteiger charge is 2.00. The second-order valence-electron chi connectivity index (χ2n) is 4.39. The van der Waals surface area contributed by atoms with Crippen molar-refractivity contribution in [2.45, 2.75) is 6.42 Å². The molecule has 2 aromatic carbocycles. The van der Waals surface area contributed by atoms with Crippen LogP contribution < -0.4 is 0 Å². The first kappa shape index (κ1) is 10.6. The van der Waals surface area contributed by atoms with Crippen molar-refractivity contribution in [3.63, 3.8) is 0 Å². The van der Waals surface area contributed by atoms with Crippen LogP contribution in [0.5, 0.6) is 0 Å². The minimum atomic E-state index is 0.718. The van der Waals surface area contributed by atoms with Gasteiger partial charge >= 0.3 is 0 Å². The van der Waals surface area contributed by atoms with Gasteiger partial charge in [0.15, 0.2) is 0 Å². The number of aromatic amines is 1.